The first-order chi connectivity index (χ1) is 10.1. The van der Waals surface area contributed by atoms with Crippen molar-refractivity contribution in [3.8, 4) is 0 Å². The number of pyridine rings is 1. The van der Waals surface area contributed by atoms with E-state index in [2.05, 4.69) is 32.9 Å². The minimum Gasteiger partial charge on any atom is -0.350 e. The lowest BCUT2D eigenvalue weighted by Gasteiger charge is -2.04. The summed E-state index contributed by atoms with van der Waals surface area (Å²) in [4.78, 5) is 27.8. The van der Waals surface area contributed by atoms with Crippen molar-refractivity contribution in [2.24, 2.45) is 0 Å². The number of carbonyl (C=O) groups is 2. The molecule has 21 heavy (non-hydrogen) atoms. The van der Waals surface area contributed by atoms with E-state index in [1.807, 2.05) is 30.3 Å². The number of ketones is 1. The molecule has 0 fully saturated rings. The number of nitrogens with one attached hydrogen (secondary N) is 1. The molecule has 0 aliphatic rings. The Bertz CT molecular complexity index is 612. The molecule has 0 saturated heterocycles. The second-order valence-electron chi connectivity index (χ2n) is 4.53. The number of halogens is 1. The fraction of sp³-hybridized carbons (Fsp3) is 0.188. The van der Waals surface area contributed by atoms with Gasteiger partial charge in [-0.3, -0.25) is 14.6 Å². The second-order valence-corrected chi connectivity index (χ2v) is 5.77. The van der Waals surface area contributed by atoms with Gasteiger partial charge < -0.3 is 5.32 Å². The fourth-order valence-electron chi connectivity index (χ4n) is 1.79. The standard InChI is InChI=1S/C16H15IN2O2/c17-13-6-4-12(5-7-13)15(20)8-9-16(21)19-11-14-3-1-2-10-18-14/h1-7,10H,8-9,11H2,(H,19,21). The van der Waals surface area contributed by atoms with E-state index >= 15 is 0 Å². The third kappa shape index (κ3) is 5.26. The van der Waals surface area contributed by atoms with Crippen molar-refractivity contribution in [1.82, 2.24) is 10.3 Å². The quantitative estimate of drug-likeness (QED) is 0.606. The molecular formula is C16H15IN2O2. The predicted molar refractivity (Wildman–Crippen MR) is 88.8 cm³/mol. The van der Waals surface area contributed by atoms with E-state index in [-0.39, 0.29) is 24.5 Å². The lowest BCUT2D eigenvalue weighted by molar-refractivity contribution is -0.121. The van der Waals surface area contributed by atoms with Crippen molar-refractivity contribution in [3.63, 3.8) is 0 Å². The van der Waals surface area contributed by atoms with E-state index in [0.29, 0.717) is 12.1 Å². The normalized spacial score (nSPS) is 10.1. The van der Waals surface area contributed by atoms with E-state index in [1.54, 1.807) is 18.3 Å². The number of amides is 1. The monoisotopic (exact) mass is 394 g/mol. The molecule has 1 amide bonds. The summed E-state index contributed by atoms with van der Waals surface area (Å²) in [6, 6.07) is 12.9. The summed E-state index contributed by atoms with van der Waals surface area (Å²) in [6.07, 6.45) is 2.09. The summed E-state index contributed by atoms with van der Waals surface area (Å²) in [5.41, 5.74) is 1.45. The lowest BCUT2D eigenvalue weighted by Crippen LogP contribution is -2.23. The molecule has 2 rings (SSSR count). The van der Waals surface area contributed by atoms with Gasteiger partial charge in [-0.25, -0.2) is 0 Å². The number of nitrogens with zero attached hydrogens (tertiary/aromatic N) is 1. The number of aromatic nitrogens is 1. The van der Waals surface area contributed by atoms with Gasteiger partial charge in [0, 0.05) is 28.2 Å². The maximum atomic E-state index is 11.9. The Hall–Kier alpha value is -1.76. The molecular weight excluding hydrogens is 379 g/mol. The Morgan fingerprint density at radius 2 is 1.81 bits per heavy atom. The predicted octanol–water partition coefficient (Wildman–Crippen LogP) is 2.97. The van der Waals surface area contributed by atoms with Crippen molar-refractivity contribution >= 4 is 34.3 Å². The van der Waals surface area contributed by atoms with Crippen molar-refractivity contribution in [1.29, 1.82) is 0 Å². The number of rotatable bonds is 6. The molecule has 0 unspecified atom stereocenters. The van der Waals surface area contributed by atoms with Crippen LogP contribution in [0.4, 0.5) is 0 Å². The van der Waals surface area contributed by atoms with Gasteiger partial charge >= 0.3 is 0 Å². The van der Waals surface area contributed by atoms with Crippen LogP contribution in [-0.4, -0.2) is 16.7 Å². The first-order valence-corrected chi connectivity index (χ1v) is 7.68. The number of Topliss-reactive ketones (excluding diaryl/α,β-unsaturated/α-hetero) is 1. The number of hydrogen-bond donors (Lipinski definition) is 1. The van der Waals surface area contributed by atoms with Crippen LogP contribution >= 0.6 is 22.6 Å². The maximum absolute atomic E-state index is 11.9. The minimum atomic E-state index is -0.139. The van der Waals surface area contributed by atoms with Crippen LogP contribution in [0.3, 0.4) is 0 Å². The molecule has 0 aliphatic heterocycles. The summed E-state index contributed by atoms with van der Waals surface area (Å²) in [7, 11) is 0. The SMILES string of the molecule is O=C(CCC(=O)c1ccc(I)cc1)NCc1ccccn1. The van der Waals surface area contributed by atoms with E-state index < -0.39 is 0 Å². The molecule has 0 aliphatic carbocycles. The second kappa shape index (κ2) is 7.87. The van der Waals surface area contributed by atoms with Crippen LogP contribution in [0.15, 0.2) is 48.7 Å². The Kier molecular flexibility index (Phi) is 5.86. The molecule has 1 N–H and O–H groups in total. The van der Waals surface area contributed by atoms with Crippen LogP contribution in [0, 0.1) is 3.57 Å². The molecule has 1 aromatic heterocycles. The van der Waals surface area contributed by atoms with Gasteiger partial charge in [-0.1, -0.05) is 18.2 Å². The molecule has 4 nitrogen and oxygen atoms in total. The third-order valence-electron chi connectivity index (χ3n) is 2.94. The van der Waals surface area contributed by atoms with Crippen molar-refractivity contribution in [2.45, 2.75) is 19.4 Å². The Morgan fingerprint density at radius 3 is 2.48 bits per heavy atom. The van der Waals surface area contributed by atoms with Crippen LogP contribution in [0.1, 0.15) is 28.9 Å². The van der Waals surface area contributed by atoms with Crippen LogP contribution in [-0.2, 0) is 11.3 Å². The van der Waals surface area contributed by atoms with Crippen LogP contribution < -0.4 is 5.32 Å². The lowest BCUT2D eigenvalue weighted by atomic mass is 10.1. The van der Waals surface area contributed by atoms with Crippen molar-refractivity contribution < 1.29 is 9.59 Å². The van der Waals surface area contributed by atoms with Gasteiger partial charge in [0.1, 0.15) is 0 Å². The molecule has 5 heteroatoms. The van der Waals surface area contributed by atoms with Crippen molar-refractivity contribution in [2.75, 3.05) is 0 Å². The summed E-state index contributed by atoms with van der Waals surface area (Å²) >= 11 is 2.19. The number of benzene rings is 1. The summed E-state index contributed by atoms with van der Waals surface area (Å²) in [6.45, 7) is 0.386. The van der Waals surface area contributed by atoms with E-state index in [4.69, 9.17) is 0 Å². The van der Waals surface area contributed by atoms with E-state index in [1.165, 1.54) is 0 Å². The average molecular weight is 394 g/mol. The first kappa shape index (κ1) is 15.6. The highest BCUT2D eigenvalue weighted by molar-refractivity contribution is 14.1. The molecule has 0 saturated carbocycles. The highest BCUT2D eigenvalue weighted by Gasteiger charge is 2.09. The average Bonchev–Trinajstić information content (AvgIpc) is 2.52. The number of carbonyl (C=O) groups excluding carboxylic acids is 2. The fourth-order valence-corrected chi connectivity index (χ4v) is 2.15. The Labute approximate surface area is 137 Å². The molecule has 0 radical (unpaired) electrons. The molecule has 0 spiro atoms. The number of hydrogen-bond acceptors (Lipinski definition) is 3. The summed E-state index contributed by atoms with van der Waals surface area (Å²) in [5.74, 6) is -0.154. The van der Waals surface area contributed by atoms with Crippen molar-refractivity contribution in [3.05, 3.63) is 63.5 Å². The molecule has 1 heterocycles. The third-order valence-corrected chi connectivity index (χ3v) is 3.66. The molecule has 1 aromatic carbocycles. The summed E-state index contributed by atoms with van der Waals surface area (Å²) < 4.78 is 1.08. The smallest absolute Gasteiger partial charge is 0.220 e. The van der Waals surface area contributed by atoms with E-state index in [0.717, 1.165) is 9.26 Å². The van der Waals surface area contributed by atoms with Gasteiger partial charge in [-0.05, 0) is 46.9 Å². The first-order valence-electron chi connectivity index (χ1n) is 6.60. The topological polar surface area (TPSA) is 59.1 Å². The molecule has 0 bridgehead atoms. The Morgan fingerprint density at radius 1 is 1.05 bits per heavy atom. The zero-order valence-corrected chi connectivity index (χ0v) is 13.5. The van der Waals surface area contributed by atoms with Gasteiger partial charge in [0.25, 0.3) is 0 Å². The zero-order valence-electron chi connectivity index (χ0n) is 11.4. The Balaban J connectivity index is 1.76. The van der Waals surface area contributed by atoms with Gasteiger partial charge in [0.05, 0.1) is 12.2 Å². The van der Waals surface area contributed by atoms with Gasteiger partial charge in [0.2, 0.25) is 5.91 Å². The van der Waals surface area contributed by atoms with Crippen LogP contribution in [0.25, 0.3) is 0 Å². The highest BCUT2D eigenvalue weighted by atomic mass is 127. The molecule has 0 atom stereocenters. The molecule has 2 aromatic rings. The van der Waals surface area contributed by atoms with Gasteiger partial charge in [0.15, 0.2) is 5.78 Å². The zero-order chi connectivity index (χ0) is 15.1. The maximum Gasteiger partial charge on any atom is 0.220 e. The van der Waals surface area contributed by atoms with Gasteiger partial charge in [-0.15, -0.1) is 0 Å². The largest absolute Gasteiger partial charge is 0.350 e. The minimum absolute atomic E-state index is 0.0145. The molecule has 108 valence electrons. The van der Waals surface area contributed by atoms with E-state index in [9.17, 15) is 9.59 Å². The van der Waals surface area contributed by atoms with Crippen LogP contribution in [0.2, 0.25) is 0 Å². The highest BCUT2D eigenvalue weighted by Crippen LogP contribution is 2.09. The van der Waals surface area contributed by atoms with Crippen LogP contribution in [0.5, 0.6) is 0 Å². The summed E-state index contributed by atoms with van der Waals surface area (Å²) in [5, 5.41) is 2.76. The van der Waals surface area contributed by atoms with Gasteiger partial charge in [-0.2, -0.15) is 0 Å².